The van der Waals surface area contributed by atoms with Crippen LogP contribution in [0.2, 0.25) is 0 Å². The number of phenolic OH excluding ortho intramolecular Hbond substituents is 1. The van der Waals surface area contributed by atoms with Crippen LogP contribution in [-0.2, 0) is 11.2 Å². The van der Waals surface area contributed by atoms with Crippen molar-refractivity contribution >= 4 is 5.91 Å². The Labute approximate surface area is 121 Å². The molecule has 1 aromatic carbocycles. The predicted octanol–water partition coefficient (Wildman–Crippen LogP) is 3.41. The van der Waals surface area contributed by atoms with Crippen LogP contribution in [-0.4, -0.2) is 17.6 Å². The number of hydrogen-bond donors (Lipinski definition) is 2. The zero-order chi connectivity index (χ0) is 14.2. The topological polar surface area (TPSA) is 49.3 Å². The summed E-state index contributed by atoms with van der Waals surface area (Å²) < 4.78 is 0. The molecule has 0 radical (unpaired) electrons. The first-order valence-corrected chi connectivity index (χ1v) is 7.79. The smallest absolute Gasteiger partial charge is 0.220 e. The lowest BCUT2D eigenvalue weighted by molar-refractivity contribution is -0.121. The van der Waals surface area contributed by atoms with E-state index in [-0.39, 0.29) is 11.7 Å². The predicted molar refractivity (Wildman–Crippen MR) is 80.6 cm³/mol. The maximum Gasteiger partial charge on any atom is 0.220 e. The highest BCUT2D eigenvalue weighted by Crippen LogP contribution is 2.28. The molecule has 1 aliphatic carbocycles. The number of phenols is 1. The maximum atomic E-state index is 11.7. The van der Waals surface area contributed by atoms with E-state index in [9.17, 15) is 9.90 Å². The Morgan fingerprint density at radius 1 is 1.25 bits per heavy atom. The summed E-state index contributed by atoms with van der Waals surface area (Å²) in [5.41, 5.74) is 0.841. The van der Waals surface area contributed by atoms with E-state index < -0.39 is 0 Å². The molecule has 1 fully saturated rings. The van der Waals surface area contributed by atoms with Crippen molar-refractivity contribution < 1.29 is 9.90 Å². The monoisotopic (exact) mass is 275 g/mol. The zero-order valence-electron chi connectivity index (χ0n) is 12.1. The van der Waals surface area contributed by atoms with Gasteiger partial charge in [0.05, 0.1) is 0 Å². The van der Waals surface area contributed by atoms with Crippen LogP contribution < -0.4 is 5.32 Å². The fraction of sp³-hybridized carbons (Fsp3) is 0.588. The molecule has 2 rings (SSSR count). The van der Waals surface area contributed by atoms with Crippen molar-refractivity contribution in [2.75, 3.05) is 6.54 Å². The van der Waals surface area contributed by atoms with Crippen LogP contribution in [0.4, 0.5) is 0 Å². The molecule has 0 aliphatic heterocycles. The maximum absolute atomic E-state index is 11.7. The first-order valence-electron chi connectivity index (χ1n) is 7.79. The van der Waals surface area contributed by atoms with Crippen molar-refractivity contribution in [3.63, 3.8) is 0 Å². The van der Waals surface area contributed by atoms with Crippen LogP contribution in [0.25, 0.3) is 0 Å². The molecule has 3 heteroatoms. The summed E-state index contributed by atoms with van der Waals surface area (Å²) in [7, 11) is 0. The van der Waals surface area contributed by atoms with Crippen molar-refractivity contribution in [1.82, 2.24) is 5.32 Å². The SMILES string of the molecule is O=C(CCc1ccccc1O)NCCCC1CCCC1. The van der Waals surface area contributed by atoms with Gasteiger partial charge in [-0.3, -0.25) is 4.79 Å². The summed E-state index contributed by atoms with van der Waals surface area (Å²) in [6.07, 6.45) is 8.91. The van der Waals surface area contributed by atoms with Crippen LogP contribution in [0, 0.1) is 5.92 Å². The Bertz CT molecular complexity index is 425. The molecule has 0 heterocycles. The summed E-state index contributed by atoms with van der Waals surface area (Å²) in [5.74, 6) is 1.26. The fourth-order valence-electron chi connectivity index (χ4n) is 2.98. The lowest BCUT2D eigenvalue weighted by atomic mass is 10.0. The second-order valence-corrected chi connectivity index (χ2v) is 5.77. The lowest BCUT2D eigenvalue weighted by Gasteiger charge is -2.09. The van der Waals surface area contributed by atoms with Gasteiger partial charge in [0.2, 0.25) is 5.91 Å². The van der Waals surface area contributed by atoms with Gasteiger partial charge in [-0.25, -0.2) is 0 Å². The molecule has 1 saturated carbocycles. The number of para-hydroxylation sites is 1. The van der Waals surface area contributed by atoms with Crippen molar-refractivity contribution in [3.05, 3.63) is 29.8 Å². The van der Waals surface area contributed by atoms with Crippen molar-refractivity contribution in [2.24, 2.45) is 5.92 Å². The first kappa shape index (κ1) is 14.9. The van der Waals surface area contributed by atoms with Gasteiger partial charge in [0.15, 0.2) is 0 Å². The average Bonchev–Trinajstić information content (AvgIpc) is 2.96. The third-order valence-electron chi connectivity index (χ3n) is 4.20. The standard InChI is InChI=1S/C17H25NO2/c19-16-10-4-3-9-15(16)11-12-17(20)18-13-5-8-14-6-1-2-7-14/h3-4,9-10,14,19H,1-2,5-8,11-13H2,(H,18,20). The second-order valence-electron chi connectivity index (χ2n) is 5.77. The number of aryl methyl sites for hydroxylation is 1. The molecule has 1 aliphatic rings. The fourth-order valence-corrected chi connectivity index (χ4v) is 2.98. The Kier molecular flexibility index (Phi) is 5.90. The van der Waals surface area contributed by atoms with E-state index in [1.54, 1.807) is 12.1 Å². The second kappa shape index (κ2) is 7.93. The quantitative estimate of drug-likeness (QED) is 0.749. The number of aromatic hydroxyl groups is 1. The number of nitrogens with one attached hydrogen (secondary N) is 1. The molecule has 0 unspecified atom stereocenters. The number of carbonyl (C=O) groups excluding carboxylic acids is 1. The molecule has 3 nitrogen and oxygen atoms in total. The van der Waals surface area contributed by atoms with E-state index in [2.05, 4.69) is 5.32 Å². The minimum Gasteiger partial charge on any atom is -0.508 e. The number of rotatable bonds is 7. The highest BCUT2D eigenvalue weighted by molar-refractivity contribution is 5.76. The average molecular weight is 275 g/mol. The Morgan fingerprint density at radius 3 is 2.75 bits per heavy atom. The van der Waals surface area contributed by atoms with Gasteiger partial charge in [-0.1, -0.05) is 43.9 Å². The van der Waals surface area contributed by atoms with Crippen molar-refractivity contribution in [1.29, 1.82) is 0 Å². The van der Waals surface area contributed by atoms with E-state index >= 15 is 0 Å². The highest BCUT2D eigenvalue weighted by Gasteiger charge is 2.14. The van der Waals surface area contributed by atoms with Gasteiger partial charge in [-0.2, -0.15) is 0 Å². The van der Waals surface area contributed by atoms with Crippen molar-refractivity contribution in [2.45, 2.75) is 51.4 Å². The molecule has 0 saturated heterocycles. The van der Waals surface area contributed by atoms with Crippen LogP contribution >= 0.6 is 0 Å². The summed E-state index contributed by atoms with van der Waals surface area (Å²) in [6.45, 7) is 0.788. The molecule has 0 aromatic heterocycles. The molecule has 0 bridgehead atoms. The van der Waals surface area contributed by atoms with E-state index in [4.69, 9.17) is 0 Å². The molecule has 0 spiro atoms. The Balaban J connectivity index is 1.57. The minimum atomic E-state index is 0.0830. The van der Waals surface area contributed by atoms with Crippen LogP contribution in [0.3, 0.4) is 0 Å². The third-order valence-corrected chi connectivity index (χ3v) is 4.20. The molecule has 2 N–H and O–H groups in total. The Hall–Kier alpha value is -1.51. The van der Waals surface area contributed by atoms with Gasteiger partial charge < -0.3 is 10.4 Å². The summed E-state index contributed by atoms with van der Waals surface area (Å²) >= 11 is 0. The number of benzene rings is 1. The minimum absolute atomic E-state index is 0.0830. The molecule has 20 heavy (non-hydrogen) atoms. The third kappa shape index (κ3) is 4.87. The van der Waals surface area contributed by atoms with E-state index in [1.165, 1.54) is 32.1 Å². The number of carbonyl (C=O) groups is 1. The van der Waals surface area contributed by atoms with Gasteiger partial charge in [0, 0.05) is 13.0 Å². The Morgan fingerprint density at radius 2 is 2.00 bits per heavy atom. The summed E-state index contributed by atoms with van der Waals surface area (Å²) in [6, 6.07) is 7.20. The lowest BCUT2D eigenvalue weighted by Crippen LogP contribution is -2.24. The van der Waals surface area contributed by atoms with Gasteiger partial charge in [0.25, 0.3) is 0 Å². The van der Waals surface area contributed by atoms with Crippen LogP contribution in [0.1, 0.15) is 50.5 Å². The molecule has 0 atom stereocenters. The summed E-state index contributed by atoms with van der Waals surface area (Å²) in [4.78, 5) is 11.7. The van der Waals surface area contributed by atoms with E-state index in [1.807, 2.05) is 12.1 Å². The molecular weight excluding hydrogens is 250 g/mol. The summed E-state index contributed by atoms with van der Waals surface area (Å²) in [5, 5.41) is 12.6. The van der Waals surface area contributed by atoms with Crippen LogP contribution in [0.5, 0.6) is 5.75 Å². The van der Waals surface area contributed by atoms with Crippen molar-refractivity contribution in [3.8, 4) is 5.75 Å². The first-order chi connectivity index (χ1) is 9.75. The van der Waals surface area contributed by atoms with E-state index in [0.717, 1.165) is 24.4 Å². The largest absolute Gasteiger partial charge is 0.508 e. The van der Waals surface area contributed by atoms with Crippen LogP contribution in [0.15, 0.2) is 24.3 Å². The normalized spacial score (nSPS) is 15.4. The van der Waals surface area contributed by atoms with Gasteiger partial charge >= 0.3 is 0 Å². The van der Waals surface area contributed by atoms with E-state index in [0.29, 0.717) is 12.8 Å². The molecular formula is C17H25NO2. The van der Waals surface area contributed by atoms with Gasteiger partial charge in [-0.05, 0) is 36.8 Å². The number of amides is 1. The zero-order valence-corrected chi connectivity index (χ0v) is 12.1. The molecule has 110 valence electrons. The molecule has 1 amide bonds. The van der Waals surface area contributed by atoms with Gasteiger partial charge in [0.1, 0.15) is 5.75 Å². The number of hydrogen-bond acceptors (Lipinski definition) is 2. The highest BCUT2D eigenvalue weighted by atomic mass is 16.3. The van der Waals surface area contributed by atoms with Gasteiger partial charge in [-0.15, -0.1) is 0 Å². The molecule has 1 aromatic rings.